The molecular weight excluding hydrogens is 589 g/mol. The summed E-state index contributed by atoms with van der Waals surface area (Å²) >= 11 is 17.6. The van der Waals surface area contributed by atoms with Crippen LogP contribution in [0.1, 0.15) is 22.3 Å². The van der Waals surface area contributed by atoms with Crippen LogP contribution in [0.2, 0.25) is 10.0 Å². The van der Waals surface area contributed by atoms with Gasteiger partial charge in [-0.2, -0.15) is 0 Å². The molecule has 3 aromatic carbocycles. The number of amidine groups is 1. The maximum atomic E-state index is 12.5. The van der Waals surface area contributed by atoms with Gasteiger partial charge < -0.3 is 10.1 Å². The summed E-state index contributed by atoms with van der Waals surface area (Å²) in [7, 11) is 0. The van der Waals surface area contributed by atoms with E-state index in [0.717, 1.165) is 21.3 Å². The van der Waals surface area contributed by atoms with E-state index in [9.17, 15) is 14.9 Å². The Balaban J connectivity index is 1.51. The van der Waals surface area contributed by atoms with Gasteiger partial charge in [-0.25, -0.2) is 4.99 Å². The number of carbonyl (C=O) groups is 1. The minimum atomic E-state index is -0.472. The van der Waals surface area contributed by atoms with E-state index in [-0.39, 0.29) is 34.0 Å². The molecule has 1 amide bonds. The number of nitrogens with one attached hydrogen (secondary N) is 1. The highest BCUT2D eigenvalue weighted by Crippen LogP contribution is 2.37. The van der Waals surface area contributed by atoms with Crippen molar-refractivity contribution >= 4 is 79.4 Å². The first-order valence-electron chi connectivity index (χ1n) is 10.5. The zero-order valence-corrected chi connectivity index (χ0v) is 22.9. The van der Waals surface area contributed by atoms with E-state index in [4.69, 9.17) is 27.9 Å². The number of halogens is 3. The largest absolute Gasteiger partial charge is 0.486 e. The minimum Gasteiger partial charge on any atom is -0.486 e. The molecule has 11 heteroatoms. The maximum absolute atomic E-state index is 12.5. The molecule has 1 aliphatic heterocycles. The van der Waals surface area contributed by atoms with Gasteiger partial charge in [0.05, 0.1) is 25.6 Å². The minimum absolute atomic E-state index is 0.0316. The van der Waals surface area contributed by atoms with Crippen LogP contribution < -0.4 is 10.1 Å². The van der Waals surface area contributed by atoms with Gasteiger partial charge in [-0.1, -0.05) is 51.3 Å². The van der Waals surface area contributed by atoms with Crippen molar-refractivity contribution in [3.05, 3.63) is 100 Å². The Morgan fingerprint density at radius 2 is 1.81 bits per heavy atom. The average Bonchev–Trinajstić information content (AvgIpc) is 3.15. The second-order valence-corrected chi connectivity index (χ2v) is 10.5. The topological polar surface area (TPSA) is 93.8 Å². The molecule has 0 atom stereocenters. The number of aryl methyl sites for hydroxylation is 2. The molecular formula is C25H18BrCl2N3O4S. The van der Waals surface area contributed by atoms with Crippen molar-refractivity contribution in [3.8, 4) is 5.75 Å². The van der Waals surface area contributed by atoms with Crippen LogP contribution >= 0.6 is 50.9 Å². The van der Waals surface area contributed by atoms with Crippen LogP contribution in [0.25, 0.3) is 6.08 Å². The Morgan fingerprint density at radius 3 is 2.44 bits per heavy atom. The predicted molar refractivity (Wildman–Crippen MR) is 148 cm³/mol. The van der Waals surface area contributed by atoms with Crippen molar-refractivity contribution in [2.24, 2.45) is 4.99 Å². The van der Waals surface area contributed by atoms with Crippen LogP contribution in [0.3, 0.4) is 0 Å². The molecule has 0 saturated carbocycles. The summed E-state index contributed by atoms with van der Waals surface area (Å²) in [5.74, 6) is -0.0266. The number of hydrogen-bond acceptors (Lipinski definition) is 6. The van der Waals surface area contributed by atoms with E-state index in [1.54, 1.807) is 30.3 Å². The molecule has 0 aliphatic carbocycles. The zero-order chi connectivity index (χ0) is 26.0. The van der Waals surface area contributed by atoms with Crippen LogP contribution in [-0.2, 0) is 11.4 Å². The highest BCUT2D eigenvalue weighted by Gasteiger charge is 2.24. The van der Waals surface area contributed by atoms with Gasteiger partial charge in [0, 0.05) is 16.6 Å². The van der Waals surface area contributed by atoms with E-state index in [2.05, 4.69) is 26.2 Å². The number of nitro benzene ring substituents is 1. The van der Waals surface area contributed by atoms with E-state index in [1.807, 2.05) is 26.0 Å². The molecule has 0 spiro atoms. The van der Waals surface area contributed by atoms with Gasteiger partial charge in [-0.15, -0.1) is 0 Å². The van der Waals surface area contributed by atoms with Gasteiger partial charge in [-0.3, -0.25) is 14.9 Å². The number of hydrogen-bond donors (Lipinski definition) is 1. The number of aliphatic imine (C=N–C) groups is 1. The summed E-state index contributed by atoms with van der Waals surface area (Å²) < 4.78 is 6.76. The third-order valence-electron chi connectivity index (χ3n) is 5.13. The second-order valence-electron chi connectivity index (χ2n) is 7.90. The Kier molecular flexibility index (Phi) is 8.04. The Hall–Kier alpha value is -2.85. The fraction of sp³-hybridized carbons (Fsp3) is 0.120. The zero-order valence-electron chi connectivity index (χ0n) is 19.0. The Labute approximate surface area is 229 Å². The molecule has 1 N–H and O–H groups in total. The summed E-state index contributed by atoms with van der Waals surface area (Å²) in [6.07, 6.45) is 1.67. The number of nitrogens with zero attached hydrogens (tertiary/aromatic N) is 2. The van der Waals surface area contributed by atoms with Crippen LogP contribution in [0.5, 0.6) is 5.75 Å². The van der Waals surface area contributed by atoms with Gasteiger partial charge >= 0.3 is 0 Å². The van der Waals surface area contributed by atoms with E-state index in [1.165, 1.54) is 23.9 Å². The van der Waals surface area contributed by atoms with E-state index < -0.39 is 4.92 Å². The van der Waals surface area contributed by atoms with E-state index in [0.29, 0.717) is 21.2 Å². The molecule has 1 aliphatic rings. The summed E-state index contributed by atoms with van der Waals surface area (Å²) in [6, 6.07) is 13.2. The number of benzene rings is 3. The Bertz CT molecular complexity index is 1410. The van der Waals surface area contributed by atoms with Crippen LogP contribution in [0.15, 0.2) is 62.9 Å². The first-order chi connectivity index (χ1) is 17.1. The lowest BCUT2D eigenvalue weighted by Crippen LogP contribution is -2.19. The number of rotatable bonds is 6. The molecule has 1 saturated heterocycles. The summed E-state index contributed by atoms with van der Waals surface area (Å²) in [5.41, 5.74) is 4.03. The molecule has 1 heterocycles. The quantitative estimate of drug-likeness (QED) is 0.176. The van der Waals surface area contributed by atoms with Crippen molar-refractivity contribution in [1.82, 2.24) is 5.32 Å². The fourth-order valence-corrected chi connectivity index (χ4v) is 5.14. The summed E-state index contributed by atoms with van der Waals surface area (Å²) in [5, 5.41) is 14.7. The van der Waals surface area contributed by atoms with Crippen LogP contribution in [0.4, 0.5) is 11.4 Å². The number of thioether (sulfide) groups is 1. The van der Waals surface area contributed by atoms with Crippen molar-refractivity contribution in [2.75, 3.05) is 0 Å². The summed E-state index contributed by atoms with van der Waals surface area (Å²) in [4.78, 5) is 28.0. The lowest BCUT2D eigenvalue weighted by molar-refractivity contribution is -0.384. The molecule has 7 nitrogen and oxygen atoms in total. The van der Waals surface area contributed by atoms with Gasteiger partial charge in [0.2, 0.25) is 0 Å². The standard InChI is InChI=1S/C25H18BrCl2N3O4S/c1-13-6-17(7-14(2)22(13)26)29-25-30-24(32)21(36-25)11-16-9-19(27)23(20(28)10-16)35-12-15-4-3-5-18(8-15)31(33)34/h3-11H,12H2,1-2H3,(H,29,30,32)/b21-11-. The first-order valence-corrected chi connectivity index (χ1v) is 12.9. The summed E-state index contributed by atoms with van der Waals surface area (Å²) in [6.45, 7) is 4.02. The van der Waals surface area contributed by atoms with Gasteiger partial charge in [0.25, 0.3) is 11.6 Å². The molecule has 1 fully saturated rings. The molecule has 4 rings (SSSR count). The molecule has 36 heavy (non-hydrogen) atoms. The third-order valence-corrected chi connectivity index (χ3v) is 7.85. The fourth-order valence-electron chi connectivity index (χ4n) is 3.45. The number of non-ortho nitro benzene ring substituents is 1. The van der Waals surface area contributed by atoms with E-state index >= 15 is 0 Å². The molecule has 0 radical (unpaired) electrons. The number of carbonyl (C=O) groups excluding carboxylic acids is 1. The third kappa shape index (κ3) is 6.10. The maximum Gasteiger partial charge on any atom is 0.269 e. The number of amides is 1. The van der Waals surface area contributed by atoms with Crippen LogP contribution in [-0.4, -0.2) is 16.0 Å². The number of ether oxygens (including phenoxy) is 1. The van der Waals surface area contributed by atoms with Gasteiger partial charge in [-0.05, 0) is 78.2 Å². The smallest absolute Gasteiger partial charge is 0.269 e. The highest BCUT2D eigenvalue weighted by atomic mass is 79.9. The second kappa shape index (κ2) is 11.0. The molecule has 0 bridgehead atoms. The van der Waals surface area contributed by atoms with Crippen LogP contribution in [0, 0.1) is 24.0 Å². The van der Waals surface area contributed by atoms with Gasteiger partial charge in [0.1, 0.15) is 6.61 Å². The molecule has 0 aromatic heterocycles. The van der Waals surface area contributed by atoms with Gasteiger partial charge in [0.15, 0.2) is 10.9 Å². The average molecular weight is 607 g/mol. The number of nitro groups is 1. The normalized spacial score (nSPS) is 15.4. The Morgan fingerprint density at radius 1 is 1.14 bits per heavy atom. The lowest BCUT2D eigenvalue weighted by Gasteiger charge is -2.11. The highest BCUT2D eigenvalue weighted by molar-refractivity contribution is 9.10. The monoisotopic (exact) mass is 605 g/mol. The molecule has 184 valence electrons. The van der Waals surface area contributed by atoms with Crippen molar-refractivity contribution in [2.45, 2.75) is 20.5 Å². The predicted octanol–water partition coefficient (Wildman–Crippen LogP) is 7.75. The SMILES string of the molecule is Cc1cc(N=C2NC(=O)/C(=C/c3cc(Cl)c(OCc4cccc([N+](=O)[O-])c4)c(Cl)c3)S2)cc(C)c1Br. The molecule has 3 aromatic rings. The lowest BCUT2D eigenvalue weighted by atomic mass is 10.1. The van der Waals surface area contributed by atoms with Crippen molar-refractivity contribution in [1.29, 1.82) is 0 Å². The molecule has 0 unspecified atom stereocenters. The van der Waals surface area contributed by atoms with Crippen molar-refractivity contribution < 1.29 is 14.5 Å². The van der Waals surface area contributed by atoms with Crippen molar-refractivity contribution in [3.63, 3.8) is 0 Å². The first kappa shape index (κ1) is 26.2.